The number of halogens is 1. The van der Waals surface area contributed by atoms with Gasteiger partial charge >= 0.3 is 5.97 Å². The summed E-state index contributed by atoms with van der Waals surface area (Å²) in [4.78, 5) is 23.1. The molecule has 2 aromatic carbocycles. The molecular formula is C14H9FO3. The standard InChI is InChI=1S/C14H9FO3/c15-10-7-5-9(6-8-10)13(16)11-3-1-2-4-12(11)14(17)18/h1-8H,(H,17,18). The summed E-state index contributed by atoms with van der Waals surface area (Å²) in [5.41, 5.74) is 0.286. The topological polar surface area (TPSA) is 54.4 Å². The number of aromatic carboxylic acids is 1. The Morgan fingerprint density at radius 3 is 2.00 bits per heavy atom. The van der Waals surface area contributed by atoms with Gasteiger partial charge in [-0.2, -0.15) is 0 Å². The first-order valence-electron chi connectivity index (χ1n) is 5.22. The van der Waals surface area contributed by atoms with Crippen LogP contribution < -0.4 is 0 Å². The van der Waals surface area contributed by atoms with Crippen molar-refractivity contribution in [3.05, 3.63) is 71.0 Å². The number of carboxylic acid groups (broad SMARTS) is 1. The Kier molecular flexibility index (Phi) is 3.19. The van der Waals surface area contributed by atoms with Gasteiger partial charge in [0.25, 0.3) is 0 Å². The maximum atomic E-state index is 12.8. The van der Waals surface area contributed by atoms with Crippen molar-refractivity contribution in [1.82, 2.24) is 0 Å². The van der Waals surface area contributed by atoms with E-state index in [0.29, 0.717) is 0 Å². The summed E-state index contributed by atoms with van der Waals surface area (Å²) in [7, 11) is 0. The highest BCUT2D eigenvalue weighted by molar-refractivity contribution is 6.14. The summed E-state index contributed by atoms with van der Waals surface area (Å²) in [6.07, 6.45) is 0. The average molecular weight is 244 g/mol. The molecule has 0 amide bonds. The van der Waals surface area contributed by atoms with Gasteiger partial charge in [-0.15, -0.1) is 0 Å². The van der Waals surface area contributed by atoms with Crippen molar-refractivity contribution in [1.29, 1.82) is 0 Å². The van der Waals surface area contributed by atoms with Gasteiger partial charge in [-0.25, -0.2) is 9.18 Å². The first-order valence-corrected chi connectivity index (χ1v) is 5.22. The summed E-state index contributed by atoms with van der Waals surface area (Å²) < 4.78 is 12.8. The van der Waals surface area contributed by atoms with Crippen molar-refractivity contribution in [2.24, 2.45) is 0 Å². The molecule has 3 nitrogen and oxygen atoms in total. The van der Waals surface area contributed by atoms with Crippen molar-refractivity contribution in [3.63, 3.8) is 0 Å². The Bertz CT molecular complexity index is 603. The van der Waals surface area contributed by atoms with Crippen LogP contribution in [-0.4, -0.2) is 16.9 Å². The van der Waals surface area contributed by atoms with Crippen molar-refractivity contribution in [2.75, 3.05) is 0 Å². The van der Waals surface area contributed by atoms with Crippen LogP contribution in [0.1, 0.15) is 26.3 Å². The van der Waals surface area contributed by atoms with Crippen LogP contribution in [0.2, 0.25) is 0 Å². The molecule has 0 bridgehead atoms. The van der Waals surface area contributed by atoms with Crippen LogP contribution in [-0.2, 0) is 0 Å². The van der Waals surface area contributed by atoms with Crippen molar-refractivity contribution >= 4 is 11.8 Å². The Balaban J connectivity index is 2.46. The van der Waals surface area contributed by atoms with Crippen LogP contribution in [0.4, 0.5) is 4.39 Å². The summed E-state index contributed by atoms with van der Waals surface area (Å²) in [6, 6.07) is 10.9. The maximum Gasteiger partial charge on any atom is 0.336 e. The molecule has 0 aliphatic carbocycles. The molecule has 0 aliphatic rings. The normalized spacial score (nSPS) is 10.1. The zero-order valence-electron chi connectivity index (χ0n) is 9.26. The minimum Gasteiger partial charge on any atom is -0.478 e. The molecule has 1 N–H and O–H groups in total. The molecule has 0 unspecified atom stereocenters. The smallest absolute Gasteiger partial charge is 0.336 e. The Labute approximate surface area is 103 Å². The predicted octanol–water partition coefficient (Wildman–Crippen LogP) is 2.75. The fourth-order valence-electron chi connectivity index (χ4n) is 1.62. The summed E-state index contributed by atoms with van der Waals surface area (Å²) in [6.45, 7) is 0. The van der Waals surface area contributed by atoms with E-state index in [2.05, 4.69) is 0 Å². The quantitative estimate of drug-likeness (QED) is 0.844. The van der Waals surface area contributed by atoms with Gasteiger partial charge < -0.3 is 5.11 Å². The third-order valence-electron chi connectivity index (χ3n) is 2.51. The lowest BCUT2D eigenvalue weighted by Crippen LogP contribution is -2.09. The van der Waals surface area contributed by atoms with E-state index in [1.807, 2.05) is 0 Å². The number of rotatable bonds is 3. The molecule has 0 atom stereocenters. The van der Waals surface area contributed by atoms with Gasteiger partial charge in [0, 0.05) is 11.1 Å². The second-order valence-electron chi connectivity index (χ2n) is 3.69. The monoisotopic (exact) mass is 244 g/mol. The van der Waals surface area contributed by atoms with E-state index in [-0.39, 0.29) is 16.7 Å². The predicted molar refractivity (Wildman–Crippen MR) is 63.2 cm³/mol. The van der Waals surface area contributed by atoms with E-state index in [1.54, 1.807) is 12.1 Å². The number of hydrogen-bond donors (Lipinski definition) is 1. The van der Waals surface area contributed by atoms with Gasteiger partial charge in [0.1, 0.15) is 5.82 Å². The van der Waals surface area contributed by atoms with Crippen LogP contribution in [0.5, 0.6) is 0 Å². The highest BCUT2D eigenvalue weighted by Gasteiger charge is 2.17. The van der Waals surface area contributed by atoms with E-state index in [1.165, 1.54) is 24.3 Å². The zero-order chi connectivity index (χ0) is 13.1. The van der Waals surface area contributed by atoms with Crippen LogP contribution in [0.15, 0.2) is 48.5 Å². The molecule has 0 radical (unpaired) electrons. The lowest BCUT2D eigenvalue weighted by molar-refractivity contribution is 0.0693. The van der Waals surface area contributed by atoms with Crippen LogP contribution in [0.25, 0.3) is 0 Å². The third-order valence-corrected chi connectivity index (χ3v) is 2.51. The second-order valence-corrected chi connectivity index (χ2v) is 3.69. The van der Waals surface area contributed by atoms with E-state index in [9.17, 15) is 14.0 Å². The molecule has 4 heteroatoms. The molecule has 0 saturated carbocycles. The minimum absolute atomic E-state index is 0.0631. The molecular weight excluding hydrogens is 235 g/mol. The van der Waals surface area contributed by atoms with Crippen molar-refractivity contribution in [3.8, 4) is 0 Å². The van der Waals surface area contributed by atoms with E-state index in [0.717, 1.165) is 12.1 Å². The number of ketones is 1. The molecule has 0 aromatic heterocycles. The van der Waals surface area contributed by atoms with Gasteiger partial charge in [-0.1, -0.05) is 18.2 Å². The summed E-state index contributed by atoms with van der Waals surface area (Å²) >= 11 is 0. The van der Waals surface area contributed by atoms with Gasteiger partial charge in [0.05, 0.1) is 5.56 Å². The average Bonchev–Trinajstić information content (AvgIpc) is 2.39. The Morgan fingerprint density at radius 1 is 0.889 bits per heavy atom. The fourth-order valence-corrected chi connectivity index (χ4v) is 1.62. The first-order chi connectivity index (χ1) is 8.59. The van der Waals surface area contributed by atoms with Gasteiger partial charge in [-0.3, -0.25) is 4.79 Å². The fraction of sp³-hybridized carbons (Fsp3) is 0. The summed E-state index contributed by atoms with van der Waals surface area (Å²) in [5.74, 6) is -2.05. The van der Waals surface area contributed by atoms with E-state index < -0.39 is 17.6 Å². The number of hydrogen-bond acceptors (Lipinski definition) is 2. The van der Waals surface area contributed by atoms with Crippen molar-refractivity contribution < 1.29 is 19.1 Å². The van der Waals surface area contributed by atoms with Crippen LogP contribution in [0.3, 0.4) is 0 Å². The SMILES string of the molecule is O=C(O)c1ccccc1C(=O)c1ccc(F)cc1. The number of carbonyl (C=O) groups is 2. The number of benzene rings is 2. The van der Waals surface area contributed by atoms with Crippen LogP contribution in [0, 0.1) is 5.82 Å². The van der Waals surface area contributed by atoms with Crippen LogP contribution >= 0.6 is 0 Å². The maximum absolute atomic E-state index is 12.8. The summed E-state index contributed by atoms with van der Waals surface area (Å²) in [5, 5.41) is 8.99. The molecule has 0 spiro atoms. The van der Waals surface area contributed by atoms with Gasteiger partial charge in [0.2, 0.25) is 0 Å². The second kappa shape index (κ2) is 4.79. The molecule has 0 saturated heterocycles. The number of carboxylic acids is 1. The molecule has 18 heavy (non-hydrogen) atoms. The molecule has 2 aromatic rings. The van der Waals surface area contributed by atoms with E-state index in [4.69, 9.17) is 5.11 Å². The molecule has 0 fully saturated rings. The Hall–Kier alpha value is -2.49. The van der Waals surface area contributed by atoms with E-state index >= 15 is 0 Å². The lowest BCUT2D eigenvalue weighted by Gasteiger charge is -2.04. The minimum atomic E-state index is -1.17. The third kappa shape index (κ3) is 2.27. The highest BCUT2D eigenvalue weighted by Crippen LogP contribution is 2.15. The first kappa shape index (κ1) is 12.0. The molecule has 0 heterocycles. The molecule has 0 aliphatic heterocycles. The van der Waals surface area contributed by atoms with Gasteiger partial charge in [-0.05, 0) is 30.3 Å². The highest BCUT2D eigenvalue weighted by atomic mass is 19.1. The van der Waals surface area contributed by atoms with Gasteiger partial charge in [0.15, 0.2) is 5.78 Å². The Morgan fingerprint density at radius 2 is 1.44 bits per heavy atom. The zero-order valence-corrected chi connectivity index (χ0v) is 9.26. The molecule has 2 rings (SSSR count). The van der Waals surface area contributed by atoms with Crippen molar-refractivity contribution in [2.45, 2.75) is 0 Å². The largest absolute Gasteiger partial charge is 0.478 e. The molecule has 90 valence electrons. The number of carbonyl (C=O) groups excluding carboxylic acids is 1. The lowest BCUT2D eigenvalue weighted by atomic mass is 9.98.